The molecule has 0 saturated carbocycles. The highest BCUT2D eigenvalue weighted by molar-refractivity contribution is 5.94. The fraction of sp³-hybridized carbons (Fsp3) is 0.263. The van der Waals surface area contributed by atoms with E-state index in [1.165, 1.54) is 6.20 Å². The number of pyridine rings is 1. The number of ether oxygens (including phenoxy) is 1. The molecule has 8 heteroatoms. The lowest BCUT2D eigenvalue weighted by atomic mass is 10.0. The van der Waals surface area contributed by atoms with Gasteiger partial charge >= 0.3 is 0 Å². The lowest BCUT2D eigenvalue weighted by Gasteiger charge is -2.13. The number of aryl methyl sites for hydroxylation is 1. The predicted octanol–water partition coefficient (Wildman–Crippen LogP) is 2.36. The Bertz CT molecular complexity index is 999. The van der Waals surface area contributed by atoms with E-state index in [1.807, 2.05) is 18.2 Å². The third-order valence-electron chi connectivity index (χ3n) is 4.36. The summed E-state index contributed by atoms with van der Waals surface area (Å²) in [6.07, 6.45) is 0.774. The number of carbonyl (C=O) groups is 1. The number of nitrogens with zero attached hydrogens (tertiary/aromatic N) is 3. The molecule has 0 spiro atoms. The lowest BCUT2D eigenvalue weighted by molar-refractivity contribution is 0.0930. The SMILES string of the molecule is Cc1nc(-c2ccc3c(c2)OCC3NC(=O)c2ccnc(C(C)O)c2)no1. The first-order valence-corrected chi connectivity index (χ1v) is 8.53. The van der Waals surface area contributed by atoms with Gasteiger partial charge in [0.25, 0.3) is 5.91 Å². The number of aliphatic hydroxyl groups is 1. The molecule has 2 unspecified atom stereocenters. The molecule has 1 aliphatic heterocycles. The smallest absolute Gasteiger partial charge is 0.252 e. The van der Waals surface area contributed by atoms with Crippen molar-refractivity contribution in [2.75, 3.05) is 6.61 Å². The van der Waals surface area contributed by atoms with E-state index in [9.17, 15) is 9.90 Å². The van der Waals surface area contributed by atoms with Crippen LogP contribution in [0.4, 0.5) is 0 Å². The predicted molar refractivity (Wildman–Crippen MR) is 95.0 cm³/mol. The molecule has 3 heterocycles. The van der Waals surface area contributed by atoms with Crippen molar-refractivity contribution in [3.63, 3.8) is 0 Å². The number of benzene rings is 1. The van der Waals surface area contributed by atoms with Crippen LogP contribution < -0.4 is 10.1 Å². The molecule has 4 rings (SSSR count). The Morgan fingerprint density at radius 3 is 2.93 bits per heavy atom. The number of hydrogen-bond donors (Lipinski definition) is 2. The first kappa shape index (κ1) is 17.2. The standard InChI is InChI=1S/C19H18N4O4/c1-10(24)15-7-13(5-6-20-15)19(25)22-16-9-26-17-8-12(3-4-14(16)17)18-21-11(2)27-23-18/h3-8,10,16,24H,9H2,1-2H3,(H,22,25). The number of hydrogen-bond acceptors (Lipinski definition) is 7. The monoisotopic (exact) mass is 366 g/mol. The van der Waals surface area contributed by atoms with E-state index < -0.39 is 6.10 Å². The molecular weight excluding hydrogens is 348 g/mol. The van der Waals surface area contributed by atoms with Gasteiger partial charge in [-0.15, -0.1) is 0 Å². The van der Waals surface area contributed by atoms with Gasteiger partial charge in [0.1, 0.15) is 12.4 Å². The molecule has 8 nitrogen and oxygen atoms in total. The molecule has 0 bridgehead atoms. The summed E-state index contributed by atoms with van der Waals surface area (Å²) in [5.41, 5.74) is 2.56. The molecule has 0 aliphatic carbocycles. The van der Waals surface area contributed by atoms with E-state index in [2.05, 4.69) is 20.4 Å². The van der Waals surface area contributed by atoms with Crippen molar-refractivity contribution in [3.05, 3.63) is 59.2 Å². The third-order valence-corrected chi connectivity index (χ3v) is 4.36. The molecule has 138 valence electrons. The Kier molecular flexibility index (Phi) is 4.33. The third kappa shape index (κ3) is 3.39. The summed E-state index contributed by atoms with van der Waals surface area (Å²) in [4.78, 5) is 20.8. The number of rotatable bonds is 4. The zero-order valence-electron chi connectivity index (χ0n) is 14.8. The van der Waals surface area contributed by atoms with Crippen molar-refractivity contribution in [2.24, 2.45) is 0 Å². The van der Waals surface area contributed by atoms with E-state index >= 15 is 0 Å². The topological polar surface area (TPSA) is 110 Å². The Labute approximate surface area is 155 Å². The van der Waals surface area contributed by atoms with Crippen LogP contribution in [-0.4, -0.2) is 32.7 Å². The molecular formula is C19H18N4O4. The largest absolute Gasteiger partial charge is 0.491 e. The maximum atomic E-state index is 12.6. The van der Waals surface area contributed by atoms with Crippen LogP contribution in [0.5, 0.6) is 5.75 Å². The second-order valence-corrected chi connectivity index (χ2v) is 6.37. The summed E-state index contributed by atoms with van der Waals surface area (Å²) in [5.74, 6) is 1.41. The van der Waals surface area contributed by atoms with Crippen molar-refractivity contribution in [3.8, 4) is 17.1 Å². The van der Waals surface area contributed by atoms with Gasteiger partial charge in [0, 0.05) is 29.8 Å². The average molecular weight is 366 g/mol. The highest BCUT2D eigenvalue weighted by Crippen LogP contribution is 2.35. The van der Waals surface area contributed by atoms with Crippen molar-refractivity contribution < 1.29 is 19.2 Å². The van der Waals surface area contributed by atoms with Crippen LogP contribution in [0.3, 0.4) is 0 Å². The van der Waals surface area contributed by atoms with Gasteiger partial charge < -0.3 is 19.7 Å². The Morgan fingerprint density at radius 1 is 1.33 bits per heavy atom. The van der Waals surface area contributed by atoms with Gasteiger partial charge in [0.2, 0.25) is 11.7 Å². The van der Waals surface area contributed by atoms with Gasteiger partial charge in [-0.3, -0.25) is 9.78 Å². The normalized spacial score (nSPS) is 16.5. The number of amides is 1. The summed E-state index contributed by atoms with van der Waals surface area (Å²) in [7, 11) is 0. The van der Waals surface area contributed by atoms with Gasteiger partial charge in [-0.2, -0.15) is 4.98 Å². The van der Waals surface area contributed by atoms with Gasteiger partial charge in [0.05, 0.1) is 17.8 Å². The fourth-order valence-electron chi connectivity index (χ4n) is 2.94. The second kappa shape index (κ2) is 6.81. The van der Waals surface area contributed by atoms with E-state index in [-0.39, 0.29) is 11.9 Å². The van der Waals surface area contributed by atoms with Crippen molar-refractivity contribution in [1.82, 2.24) is 20.4 Å². The van der Waals surface area contributed by atoms with Crippen LogP contribution in [0.2, 0.25) is 0 Å². The molecule has 1 aliphatic rings. The molecule has 0 saturated heterocycles. The minimum atomic E-state index is -0.736. The number of aromatic nitrogens is 3. The van der Waals surface area contributed by atoms with Crippen molar-refractivity contribution in [2.45, 2.75) is 26.0 Å². The number of nitrogens with one attached hydrogen (secondary N) is 1. The first-order chi connectivity index (χ1) is 13.0. The van der Waals surface area contributed by atoms with Crippen LogP contribution in [0.15, 0.2) is 41.1 Å². The molecule has 2 aromatic heterocycles. The highest BCUT2D eigenvalue weighted by Gasteiger charge is 2.27. The van der Waals surface area contributed by atoms with Crippen LogP contribution in [-0.2, 0) is 0 Å². The minimum absolute atomic E-state index is 0.251. The van der Waals surface area contributed by atoms with Gasteiger partial charge in [-0.1, -0.05) is 17.3 Å². The maximum absolute atomic E-state index is 12.6. The lowest BCUT2D eigenvalue weighted by Crippen LogP contribution is -2.29. The zero-order chi connectivity index (χ0) is 19.0. The molecule has 2 N–H and O–H groups in total. The molecule has 1 amide bonds. The molecule has 0 radical (unpaired) electrons. The number of carbonyl (C=O) groups excluding carboxylic acids is 1. The van der Waals surface area contributed by atoms with Crippen LogP contribution in [0.1, 0.15) is 46.6 Å². The molecule has 27 heavy (non-hydrogen) atoms. The van der Waals surface area contributed by atoms with E-state index in [4.69, 9.17) is 9.26 Å². The van der Waals surface area contributed by atoms with Gasteiger partial charge in [0.15, 0.2) is 0 Å². The van der Waals surface area contributed by atoms with Crippen LogP contribution in [0, 0.1) is 6.92 Å². The quantitative estimate of drug-likeness (QED) is 0.729. The Hall–Kier alpha value is -3.26. The first-order valence-electron chi connectivity index (χ1n) is 8.53. The summed E-state index contributed by atoms with van der Waals surface area (Å²) in [6.45, 7) is 3.67. The molecule has 3 aromatic rings. The average Bonchev–Trinajstić information content (AvgIpc) is 3.28. The minimum Gasteiger partial charge on any atom is -0.491 e. The second-order valence-electron chi connectivity index (χ2n) is 6.37. The summed E-state index contributed by atoms with van der Waals surface area (Å²) in [5, 5.41) is 16.5. The molecule has 2 atom stereocenters. The van der Waals surface area contributed by atoms with Gasteiger partial charge in [-0.25, -0.2) is 0 Å². The molecule has 1 aromatic carbocycles. The maximum Gasteiger partial charge on any atom is 0.252 e. The van der Waals surface area contributed by atoms with Gasteiger partial charge in [-0.05, 0) is 25.1 Å². The highest BCUT2D eigenvalue weighted by atomic mass is 16.5. The summed E-state index contributed by atoms with van der Waals surface area (Å²) >= 11 is 0. The fourth-order valence-corrected chi connectivity index (χ4v) is 2.94. The van der Waals surface area contributed by atoms with Crippen LogP contribution >= 0.6 is 0 Å². The molecule has 0 fully saturated rings. The number of aliphatic hydroxyl groups excluding tert-OH is 1. The van der Waals surface area contributed by atoms with E-state index in [1.54, 1.807) is 26.0 Å². The number of fused-ring (bicyclic) bond motifs is 1. The van der Waals surface area contributed by atoms with E-state index in [0.717, 1.165) is 11.1 Å². The Balaban J connectivity index is 1.53. The van der Waals surface area contributed by atoms with Crippen molar-refractivity contribution >= 4 is 5.91 Å². The zero-order valence-corrected chi connectivity index (χ0v) is 14.8. The van der Waals surface area contributed by atoms with Crippen molar-refractivity contribution in [1.29, 1.82) is 0 Å². The van der Waals surface area contributed by atoms with Crippen LogP contribution in [0.25, 0.3) is 11.4 Å². The summed E-state index contributed by atoms with van der Waals surface area (Å²) < 4.78 is 10.7. The Morgan fingerprint density at radius 2 is 2.19 bits per heavy atom. The summed E-state index contributed by atoms with van der Waals surface area (Å²) in [6, 6.07) is 8.52. The van der Waals surface area contributed by atoms with E-state index in [0.29, 0.717) is 35.3 Å².